The van der Waals surface area contributed by atoms with Crippen LogP contribution in [0.1, 0.15) is 5.56 Å². The summed E-state index contributed by atoms with van der Waals surface area (Å²) in [4.78, 5) is 0. The highest BCUT2D eigenvalue weighted by Gasteiger charge is 2.22. The van der Waals surface area contributed by atoms with Crippen molar-refractivity contribution in [2.24, 2.45) is 0 Å². The molecule has 0 unspecified atom stereocenters. The fourth-order valence-corrected chi connectivity index (χ4v) is 4.24. The monoisotopic (exact) mass is 359 g/mol. The molecule has 1 aromatic carbocycles. The Bertz CT molecular complexity index is 805. The molecule has 4 rings (SSSR count). The van der Waals surface area contributed by atoms with Crippen LogP contribution in [0.15, 0.2) is 45.7 Å². The Morgan fingerprint density at radius 2 is 2.14 bits per heavy atom. The summed E-state index contributed by atoms with van der Waals surface area (Å²) in [6.45, 7) is 1.03. The molecule has 3 heterocycles. The van der Waals surface area contributed by atoms with Gasteiger partial charge in [-0.3, -0.25) is 0 Å². The number of hydrogen-bond donors (Lipinski definition) is 0. The van der Waals surface area contributed by atoms with Crippen molar-refractivity contribution in [2.75, 3.05) is 7.11 Å². The van der Waals surface area contributed by atoms with Gasteiger partial charge in [-0.05, 0) is 68.5 Å². The van der Waals surface area contributed by atoms with Gasteiger partial charge in [0.1, 0.15) is 5.75 Å². The minimum absolute atomic E-state index is 0.889. The molecule has 106 valence electrons. The predicted octanol–water partition coefficient (Wildman–Crippen LogP) is 5.21. The van der Waals surface area contributed by atoms with E-state index in [1.54, 1.807) is 18.4 Å². The third kappa shape index (κ3) is 2.05. The van der Waals surface area contributed by atoms with Crippen LogP contribution in [-0.4, -0.2) is 11.7 Å². The Labute approximate surface area is 136 Å². The Kier molecular flexibility index (Phi) is 3.16. The van der Waals surface area contributed by atoms with E-state index < -0.39 is 0 Å². The van der Waals surface area contributed by atoms with Gasteiger partial charge < -0.3 is 9.30 Å². The van der Waals surface area contributed by atoms with Crippen molar-refractivity contribution in [3.63, 3.8) is 0 Å². The zero-order valence-corrected chi connectivity index (χ0v) is 14.0. The predicted molar refractivity (Wildman–Crippen MR) is 91.1 cm³/mol. The number of benzene rings is 1. The normalized spacial score (nSPS) is 12.9. The number of ether oxygens (including phenoxy) is 1. The summed E-state index contributed by atoms with van der Waals surface area (Å²) in [7, 11) is 1.72. The van der Waals surface area contributed by atoms with Gasteiger partial charge in [-0.1, -0.05) is 0 Å². The second-order valence-corrected chi connectivity index (χ2v) is 6.81. The van der Waals surface area contributed by atoms with Crippen LogP contribution < -0.4 is 4.74 Å². The summed E-state index contributed by atoms with van der Waals surface area (Å²) < 4.78 is 8.86. The fourth-order valence-electron chi connectivity index (χ4n) is 3.03. The number of aromatic nitrogens is 1. The van der Waals surface area contributed by atoms with E-state index in [-0.39, 0.29) is 0 Å². The van der Waals surface area contributed by atoms with Crippen molar-refractivity contribution in [2.45, 2.75) is 13.0 Å². The number of nitrogens with zero attached hydrogens (tertiary/aromatic N) is 1. The van der Waals surface area contributed by atoms with E-state index in [4.69, 9.17) is 4.74 Å². The molecule has 0 radical (unpaired) electrons. The van der Waals surface area contributed by atoms with Crippen molar-refractivity contribution in [3.8, 4) is 28.1 Å². The second-order valence-electron chi connectivity index (χ2n) is 5.18. The SMILES string of the molecule is COc1cc2c(cc1Br)CCn1ccc(-c3ccsc3)c1-2. The molecule has 3 aromatic rings. The molecule has 0 N–H and O–H groups in total. The maximum Gasteiger partial charge on any atom is 0.133 e. The van der Waals surface area contributed by atoms with Crippen molar-refractivity contribution in [3.05, 3.63) is 51.3 Å². The first-order chi connectivity index (χ1) is 10.3. The summed E-state index contributed by atoms with van der Waals surface area (Å²) in [5, 5.41) is 4.34. The summed E-state index contributed by atoms with van der Waals surface area (Å²) in [5.74, 6) is 0.889. The summed E-state index contributed by atoms with van der Waals surface area (Å²) in [5.41, 5.74) is 6.57. The summed E-state index contributed by atoms with van der Waals surface area (Å²) in [6, 6.07) is 8.76. The lowest BCUT2D eigenvalue weighted by Gasteiger charge is -2.22. The fraction of sp³-hybridized carbons (Fsp3) is 0.176. The number of methoxy groups -OCH3 is 1. The Balaban J connectivity index is 1.97. The lowest BCUT2D eigenvalue weighted by atomic mass is 9.94. The van der Waals surface area contributed by atoms with Crippen LogP contribution in [0.5, 0.6) is 5.75 Å². The maximum atomic E-state index is 5.48. The molecule has 0 amide bonds. The first-order valence-corrected chi connectivity index (χ1v) is 8.60. The highest BCUT2D eigenvalue weighted by Crippen LogP contribution is 2.42. The van der Waals surface area contributed by atoms with Crippen LogP contribution in [-0.2, 0) is 13.0 Å². The molecule has 1 aliphatic heterocycles. The molecule has 0 saturated carbocycles. The molecule has 21 heavy (non-hydrogen) atoms. The first-order valence-electron chi connectivity index (χ1n) is 6.86. The van der Waals surface area contributed by atoms with E-state index in [1.807, 2.05) is 0 Å². The lowest BCUT2D eigenvalue weighted by molar-refractivity contribution is 0.412. The first kappa shape index (κ1) is 13.2. The minimum Gasteiger partial charge on any atom is -0.496 e. The zero-order valence-electron chi connectivity index (χ0n) is 11.6. The molecule has 0 atom stereocenters. The standard InChI is InChI=1S/C17H14BrNOS/c1-20-16-9-14-11(8-15(16)18)2-5-19-6-3-13(17(14)19)12-4-7-21-10-12/h3-4,6-10H,2,5H2,1H3. The van der Waals surface area contributed by atoms with E-state index in [9.17, 15) is 0 Å². The van der Waals surface area contributed by atoms with Crippen LogP contribution >= 0.6 is 27.3 Å². The molecule has 2 nitrogen and oxygen atoms in total. The highest BCUT2D eigenvalue weighted by atomic mass is 79.9. The third-order valence-corrected chi connectivity index (χ3v) is 5.35. The Morgan fingerprint density at radius 3 is 2.90 bits per heavy atom. The van der Waals surface area contributed by atoms with Gasteiger partial charge in [-0.2, -0.15) is 11.3 Å². The Morgan fingerprint density at radius 1 is 1.24 bits per heavy atom. The average molecular weight is 360 g/mol. The molecule has 0 spiro atoms. The molecule has 1 aliphatic rings. The quantitative estimate of drug-likeness (QED) is 0.612. The minimum atomic E-state index is 0.889. The van der Waals surface area contributed by atoms with Gasteiger partial charge >= 0.3 is 0 Å². The molecule has 2 aromatic heterocycles. The van der Waals surface area contributed by atoms with Crippen LogP contribution in [0.4, 0.5) is 0 Å². The number of rotatable bonds is 2. The number of thiophene rings is 1. The average Bonchev–Trinajstić information content (AvgIpc) is 3.14. The van der Waals surface area contributed by atoms with E-state index in [0.29, 0.717) is 0 Å². The number of halogens is 1. The van der Waals surface area contributed by atoms with Gasteiger partial charge in [0.25, 0.3) is 0 Å². The summed E-state index contributed by atoms with van der Waals surface area (Å²) in [6.07, 6.45) is 3.25. The molecule has 0 aliphatic carbocycles. The summed E-state index contributed by atoms with van der Waals surface area (Å²) >= 11 is 5.33. The maximum absolute atomic E-state index is 5.48. The van der Waals surface area contributed by atoms with Gasteiger partial charge in [0.2, 0.25) is 0 Å². The largest absolute Gasteiger partial charge is 0.496 e. The van der Waals surface area contributed by atoms with Crippen LogP contribution in [0, 0.1) is 0 Å². The second kappa shape index (κ2) is 5.04. The number of fused-ring (bicyclic) bond motifs is 3. The van der Waals surface area contributed by atoms with Gasteiger partial charge in [-0.15, -0.1) is 0 Å². The topological polar surface area (TPSA) is 14.2 Å². The van der Waals surface area contributed by atoms with Gasteiger partial charge in [0, 0.05) is 23.9 Å². The molecule has 0 saturated heterocycles. The van der Waals surface area contributed by atoms with E-state index in [1.165, 1.54) is 27.9 Å². The van der Waals surface area contributed by atoms with Crippen molar-refractivity contribution >= 4 is 27.3 Å². The molecule has 0 fully saturated rings. The zero-order chi connectivity index (χ0) is 14.4. The van der Waals surface area contributed by atoms with Crippen LogP contribution in [0.25, 0.3) is 22.4 Å². The van der Waals surface area contributed by atoms with Crippen LogP contribution in [0.2, 0.25) is 0 Å². The molecular weight excluding hydrogens is 346 g/mol. The van der Waals surface area contributed by atoms with Gasteiger partial charge in [0.05, 0.1) is 17.3 Å². The lowest BCUT2D eigenvalue weighted by Crippen LogP contribution is -2.10. The van der Waals surface area contributed by atoms with Gasteiger partial charge in [-0.25, -0.2) is 0 Å². The van der Waals surface area contributed by atoms with E-state index >= 15 is 0 Å². The molecule has 0 bridgehead atoms. The van der Waals surface area contributed by atoms with Crippen molar-refractivity contribution in [1.29, 1.82) is 0 Å². The van der Waals surface area contributed by atoms with Crippen LogP contribution in [0.3, 0.4) is 0 Å². The molecule has 4 heteroatoms. The molecular formula is C17H14BrNOS. The number of aryl methyl sites for hydroxylation is 2. The van der Waals surface area contributed by atoms with Crippen molar-refractivity contribution < 1.29 is 4.74 Å². The van der Waals surface area contributed by atoms with Crippen molar-refractivity contribution in [1.82, 2.24) is 4.57 Å². The van der Waals surface area contributed by atoms with Gasteiger partial charge in [0.15, 0.2) is 0 Å². The Hall–Kier alpha value is -1.52. The third-order valence-electron chi connectivity index (χ3n) is 4.05. The van der Waals surface area contributed by atoms with E-state index in [0.717, 1.165) is 23.2 Å². The number of hydrogen-bond acceptors (Lipinski definition) is 2. The highest BCUT2D eigenvalue weighted by molar-refractivity contribution is 9.10. The van der Waals surface area contributed by atoms with E-state index in [2.05, 4.69) is 61.7 Å². The smallest absolute Gasteiger partial charge is 0.133 e.